The fourth-order valence-electron chi connectivity index (χ4n) is 9.56. The summed E-state index contributed by atoms with van der Waals surface area (Å²) in [6.45, 7) is 2.50. The maximum atomic E-state index is 12.9. The summed E-state index contributed by atoms with van der Waals surface area (Å²) in [4.78, 5) is 58.5. The minimum atomic E-state index is -4.93. The Bertz CT molecular complexity index is 2210. The van der Waals surface area contributed by atoms with Crippen molar-refractivity contribution in [2.75, 3.05) is 39.6 Å². The summed E-state index contributed by atoms with van der Waals surface area (Å²) in [5.41, 5.74) is 0. The second-order valence-electron chi connectivity index (χ2n) is 24.4. The van der Waals surface area contributed by atoms with E-state index in [2.05, 4.69) is 142 Å². The Morgan fingerprint density at radius 1 is 0.305 bits per heavy atom. The molecule has 0 bridgehead atoms. The zero-order chi connectivity index (χ0) is 69.5. The van der Waals surface area contributed by atoms with E-state index in [0.717, 1.165) is 154 Å². The van der Waals surface area contributed by atoms with E-state index in [1.54, 1.807) is 0 Å². The number of carbonyl (C=O) groups excluding carboxylic acids is 3. The van der Waals surface area contributed by atoms with Crippen molar-refractivity contribution >= 4 is 33.6 Å². The van der Waals surface area contributed by atoms with Crippen LogP contribution in [0.2, 0.25) is 0 Å². The predicted octanol–water partition coefficient (Wildman–Crippen LogP) is 21.0. The van der Waals surface area contributed by atoms with Crippen LogP contribution in [0.15, 0.2) is 122 Å². The van der Waals surface area contributed by atoms with Gasteiger partial charge in [0.05, 0.1) is 26.4 Å². The molecule has 5 atom stereocenters. The number of esters is 3. The molecule has 0 heterocycles. The van der Waals surface area contributed by atoms with Crippen molar-refractivity contribution in [1.82, 2.24) is 0 Å². The van der Waals surface area contributed by atoms with Gasteiger partial charge < -0.3 is 34.2 Å². The fraction of sp³-hybridized carbons (Fsp3) is 0.701. The summed E-state index contributed by atoms with van der Waals surface area (Å²) in [7, 11) is -9.79. The third-order valence-corrected chi connectivity index (χ3v) is 17.1. The molecular formula is C77H132O16P2. The van der Waals surface area contributed by atoms with Gasteiger partial charge in [0.1, 0.15) is 25.4 Å². The second-order valence-corrected chi connectivity index (χ2v) is 27.3. The maximum Gasteiger partial charge on any atom is 0.472 e. The summed E-state index contributed by atoms with van der Waals surface area (Å²) in [5, 5.41) is 20.6. The van der Waals surface area contributed by atoms with Crippen LogP contribution in [0.1, 0.15) is 290 Å². The Balaban J connectivity index is 4.64. The second kappa shape index (κ2) is 69.8. The zero-order valence-corrected chi connectivity index (χ0v) is 61.1. The number of unbranched alkanes of at least 4 members (excludes halogenated alkanes) is 26. The van der Waals surface area contributed by atoms with E-state index in [1.165, 1.54) is 77.0 Å². The standard InChI is InChI=1S/C77H132O16P2/c1-4-7-10-13-16-19-22-25-27-29-31-33-35-37-39-41-43-46-48-51-54-57-60-63-75(80)87-66-72(78)67-89-94(83,84)90-68-73(79)69-91-95(85,86)92-71-74(93-77(82)65-62-59-56-53-50-45-24-21-18-15-12-9-6-3)70-88-76(81)64-61-58-55-52-49-47-44-42-40-38-36-34-32-30-28-26-23-20-17-14-11-8-5-2/h7,10,16-17,19-20,25-28,31-34,37-40,43,46,72-74,78-79H,4-6,8-9,11-15,18,21-24,29-30,35-36,41-42,44-45,47-71H2,1-3H3,(H,83,84)(H,85,86)/b10-7-,19-16-,20-17-,27-25-,28-26-,33-31-,34-32-,39-37-,40-38-,46-43-. The molecule has 0 rings (SSSR count). The first-order valence-corrected chi connectivity index (χ1v) is 39.8. The first kappa shape index (κ1) is 91.0. The molecule has 0 fully saturated rings. The van der Waals surface area contributed by atoms with Gasteiger partial charge >= 0.3 is 33.6 Å². The van der Waals surface area contributed by atoms with Crippen molar-refractivity contribution in [1.29, 1.82) is 0 Å². The number of aliphatic hydroxyl groups excluding tert-OH is 2. The highest BCUT2D eigenvalue weighted by Crippen LogP contribution is 2.45. The van der Waals surface area contributed by atoms with Gasteiger partial charge in [0.2, 0.25) is 0 Å². The molecule has 0 saturated carbocycles. The van der Waals surface area contributed by atoms with Crippen molar-refractivity contribution in [3.63, 3.8) is 0 Å². The van der Waals surface area contributed by atoms with Crippen molar-refractivity contribution in [3.8, 4) is 0 Å². The Morgan fingerprint density at radius 2 is 0.558 bits per heavy atom. The largest absolute Gasteiger partial charge is 0.472 e. The molecule has 0 spiro atoms. The number of phosphoric acid groups is 2. The van der Waals surface area contributed by atoms with Gasteiger partial charge in [-0.3, -0.25) is 32.5 Å². The number of aliphatic hydroxyl groups is 2. The van der Waals surface area contributed by atoms with Crippen molar-refractivity contribution in [3.05, 3.63) is 122 Å². The molecular weight excluding hydrogens is 1240 g/mol. The van der Waals surface area contributed by atoms with Crippen LogP contribution in [0.25, 0.3) is 0 Å². The lowest BCUT2D eigenvalue weighted by Gasteiger charge is -2.21. The van der Waals surface area contributed by atoms with Crippen LogP contribution < -0.4 is 0 Å². The smallest absolute Gasteiger partial charge is 0.463 e. The highest BCUT2D eigenvalue weighted by Gasteiger charge is 2.29. The molecule has 0 aromatic carbocycles. The van der Waals surface area contributed by atoms with E-state index >= 15 is 0 Å². The Labute approximate surface area is 576 Å². The molecule has 0 aromatic rings. The number of hydrogen-bond acceptors (Lipinski definition) is 14. The Kier molecular flexibility index (Phi) is 66.9. The molecule has 0 amide bonds. The number of ether oxygens (including phenoxy) is 3. The lowest BCUT2D eigenvalue weighted by molar-refractivity contribution is -0.161. The van der Waals surface area contributed by atoms with E-state index in [0.29, 0.717) is 19.3 Å². The van der Waals surface area contributed by atoms with Crippen molar-refractivity contribution < 1.29 is 75.8 Å². The first-order chi connectivity index (χ1) is 46.2. The molecule has 0 saturated heterocycles. The summed E-state index contributed by atoms with van der Waals surface area (Å²) in [6, 6.07) is 0. The third kappa shape index (κ3) is 71.1. The highest BCUT2D eigenvalue weighted by molar-refractivity contribution is 7.47. The van der Waals surface area contributed by atoms with Gasteiger partial charge in [-0.1, -0.05) is 277 Å². The number of allylic oxidation sites excluding steroid dienone is 20. The van der Waals surface area contributed by atoms with Crippen LogP contribution in [-0.4, -0.2) is 95.9 Å². The number of carbonyl (C=O) groups is 3. The molecule has 0 radical (unpaired) electrons. The summed E-state index contributed by atoms with van der Waals surface area (Å²) in [5.74, 6) is -1.61. The summed E-state index contributed by atoms with van der Waals surface area (Å²) >= 11 is 0. The summed E-state index contributed by atoms with van der Waals surface area (Å²) in [6.07, 6.45) is 81.0. The molecule has 16 nitrogen and oxygen atoms in total. The van der Waals surface area contributed by atoms with E-state index in [9.17, 15) is 43.5 Å². The maximum absolute atomic E-state index is 12.9. The molecule has 546 valence electrons. The van der Waals surface area contributed by atoms with Crippen LogP contribution in [0.5, 0.6) is 0 Å². The van der Waals surface area contributed by atoms with Gasteiger partial charge in [0, 0.05) is 19.3 Å². The molecule has 95 heavy (non-hydrogen) atoms. The van der Waals surface area contributed by atoms with E-state index in [4.69, 9.17) is 32.3 Å². The highest BCUT2D eigenvalue weighted by atomic mass is 31.2. The first-order valence-electron chi connectivity index (χ1n) is 36.8. The average molecular weight is 1380 g/mol. The van der Waals surface area contributed by atoms with Crippen LogP contribution in [0, 0.1) is 0 Å². The normalized spacial score (nSPS) is 14.8. The third-order valence-electron chi connectivity index (χ3n) is 15.2. The van der Waals surface area contributed by atoms with Crippen LogP contribution >= 0.6 is 15.6 Å². The van der Waals surface area contributed by atoms with Crippen molar-refractivity contribution in [2.24, 2.45) is 0 Å². The van der Waals surface area contributed by atoms with Gasteiger partial charge in [0.15, 0.2) is 6.10 Å². The molecule has 0 aliphatic heterocycles. The van der Waals surface area contributed by atoms with Crippen LogP contribution in [-0.2, 0) is 55.8 Å². The number of hydrogen-bond donors (Lipinski definition) is 4. The van der Waals surface area contributed by atoms with Gasteiger partial charge in [-0.05, 0) is 116 Å². The van der Waals surface area contributed by atoms with Gasteiger partial charge in [-0.2, -0.15) is 0 Å². The number of rotatable bonds is 69. The monoisotopic (exact) mass is 1370 g/mol. The summed E-state index contributed by atoms with van der Waals surface area (Å²) < 4.78 is 61.0. The molecule has 5 unspecified atom stereocenters. The fourth-order valence-corrected chi connectivity index (χ4v) is 11.1. The van der Waals surface area contributed by atoms with Crippen LogP contribution in [0.4, 0.5) is 0 Å². The lowest BCUT2D eigenvalue weighted by Crippen LogP contribution is -2.30. The van der Waals surface area contributed by atoms with Crippen LogP contribution in [0.3, 0.4) is 0 Å². The molecule has 0 aliphatic carbocycles. The average Bonchev–Trinajstić information content (AvgIpc) is 1.91. The van der Waals surface area contributed by atoms with Gasteiger partial charge in [-0.15, -0.1) is 0 Å². The minimum absolute atomic E-state index is 0.102. The van der Waals surface area contributed by atoms with E-state index in [1.807, 2.05) is 0 Å². The van der Waals surface area contributed by atoms with Crippen molar-refractivity contribution in [2.45, 2.75) is 309 Å². The molecule has 18 heteroatoms. The molecule has 0 aromatic heterocycles. The molecule has 4 N–H and O–H groups in total. The predicted molar refractivity (Wildman–Crippen MR) is 390 cm³/mol. The SMILES string of the molecule is CC/C=C\C/C=C\C/C=C\C/C=C\C/C=C\C/C=C\CCCCCCC(=O)OCC(O)COP(=O)(O)OCC(O)COP(=O)(O)OCC(COC(=O)CCCCCCCCC/C=C\C/C=C\C/C=C\C/C=C\CCCCC)OC(=O)CCCCCCCCCCCCCCC. The quantitative estimate of drug-likeness (QED) is 0.0146. The lowest BCUT2D eigenvalue weighted by atomic mass is 10.0. The number of phosphoric ester groups is 2. The molecule has 0 aliphatic rings. The van der Waals surface area contributed by atoms with Gasteiger partial charge in [0.25, 0.3) is 0 Å². The minimum Gasteiger partial charge on any atom is -0.463 e. The van der Waals surface area contributed by atoms with E-state index < -0.39 is 91.5 Å². The van der Waals surface area contributed by atoms with Gasteiger partial charge in [-0.25, -0.2) is 9.13 Å². The Morgan fingerprint density at radius 3 is 0.905 bits per heavy atom. The topological polar surface area (TPSA) is 231 Å². The van der Waals surface area contributed by atoms with E-state index in [-0.39, 0.29) is 19.3 Å². The zero-order valence-electron chi connectivity index (χ0n) is 59.3. The Hall–Kier alpha value is -4.05.